The van der Waals surface area contributed by atoms with Crippen molar-refractivity contribution in [3.8, 4) is 0 Å². The Balaban J connectivity index is 3.15. The van der Waals surface area contributed by atoms with E-state index in [0.717, 1.165) is 13.0 Å². The largest absolute Gasteiger partial charge is 0.351 e. The first-order valence-corrected chi connectivity index (χ1v) is 6.40. The maximum Gasteiger partial charge on any atom is 0.311 e. The van der Waals surface area contributed by atoms with E-state index in [1.807, 2.05) is 11.8 Å². The van der Waals surface area contributed by atoms with Crippen LogP contribution in [-0.4, -0.2) is 23.0 Å². The molecule has 1 rings (SSSR count). The number of hydrazine groups is 1. The number of nitrogens with two attached hydrogens (primary N) is 1. The molecule has 0 aliphatic rings. The second kappa shape index (κ2) is 6.89. The Bertz CT molecular complexity index is 438. The van der Waals surface area contributed by atoms with Gasteiger partial charge >= 0.3 is 5.69 Å². The van der Waals surface area contributed by atoms with E-state index in [2.05, 4.69) is 24.3 Å². The van der Waals surface area contributed by atoms with Crippen molar-refractivity contribution >= 4 is 17.3 Å². The van der Waals surface area contributed by atoms with Gasteiger partial charge in [0.2, 0.25) is 5.82 Å². The molecule has 1 aromatic heterocycles. The first-order valence-electron chi connectivity index (χ1n) is 6.40. The first kappa shape index (κ1) is 15.2. The average Bonchev–Trinajstić information content (AvgIpc) is 2.43. The smallest absolute Gasteiger partial charge is 0.311 e. The summed E-state index contributed by atoms with van der Waals surface area (Å²) in [4.78, 5) is 16.8. The molecule has 1 heterocycles. The van der Waals surface area contributed by atoms with Crippen LogP contribution in [0.1, 0.15) is 27.2 Å². The van der Waals surface area contributed by atoms with Crippen molar-refractivity contribution in [2.45, 2.75) is 27.2 Å². The third-order valence-corrected chi connectivity index (χ3v) is 3.11. The Kier molecular flexibility index (Phi) is 5.50. The average molecular weight is 267 g/mol. The standard InChI is InChI=1S/C12H21N5O2/c1-4-9(3)8-16(5-2)12-10(17(18)19)6-7-11(14-12)15-13/h6-7,9H,4-5,8,13H2,1-3H3,(H,14,15). The second-order valence-electron chi connectivity index (χ2n) is 4.49. The van der Waals surface area contributed by atoms with Crippen LogP contribution >= 0.6 is 0 Å². The molecule has 0 aliphatic carbocycles. The lowest BCUT2D eigenvalue weighted by atomic mass is 10.1. The molecular formula is C12H21N5O2. The van der Waals surface area contributed by atoms with Crippen molar-refractivity contribution in [1.29, 1.82) is 0 Å². The summed E-state index contributed by atoms with van der Waals surface area (Å²) >= 11 is 0. The van der Waals surface area contributed by atoms with Gasteiger partial charge in [-0.1, -0.05) is 20.3 Å². The number of nitrogens with one attached hydrogen (secondary N) is 1. The highest BCUT2D eigenvalue weighted by molar-refractivity contribution is 5.61. The lowest BCUT2D eigenvalue weighted by Crippen LogP contribution is -2.30. The van der Waals surface area contributed by atoms with E-state index in [1.54, 1.807) is 0 Å². The van der Waals surface area contributed by atoms with Gasteiger partial charge in [-0.25, -0.2) is 10.8 Å². The summed E-state index contributed by atoms with van der Waals surface area (Å²) in [6, 6.07) is 2.93. The number of nitrogens with zero attached hydrogens (tertiary/aromatic N) is 3. The Morgan fingerprint density at radius 1 is 1.53 bits per heavy atom. The summed E-state index contributed by atoms with van der Waals surface area (Å²) < 4.78 is 0. The molecule has 0 aromatic carbocycles. The molecular weight excluding hydrogens is 246 g/mol. The normalized spacial score (nSPS) is 12.0. The molecule has 0 aliphatic heterocycles. The summed E-state index contributed by atoms with van der Waals surface area (Å²) in [6.07, 6.45) is 1.01. The zero-order valence-corrected chi connectivity index (χ0v) is 11.6. The Hall–Kier alpha value is -1.89. The Morgan fingerprint density at radius 3 is 2.68 bits per heavy atom. The minimum atomic E-state index is -0.415. The van der Waals surface area contributed by atoms with Crippen LogP contribution in [0.2, 0.25) is 0 Å². The van der Waals surface area contributed by atoms with Gasteiger partial charge in [0.1, 0.15) is 5.82 Å². The number of hydrogen-bond acceptors (Lipinski definition) is 6. The number of hydrogen-bond donors (Lipinski definition) is 2. The van der Waals surface area contributed by atoms with Gasteiger partial charge in [0.15, 0.2) is 0 Å². The van der Waals surface area contributed by atoms with E-state index in [4.69, 9.17) is 5.84 Å². The summed E-state index contributed by atoms with van der Waals surface area (Å²) in [5, 5.41) is 11.1. The van der Waals surface area contributed by atoms with E-state index in [0.29, 0.717) is 24.1 Å². The van der Waals surface area contributed by atoms with Gasteiger partial charge in [-0.2, -0.15) is 0 Å². The fourth-order valence-electron chi connectivity index (χ4n) is 1.77. The SMILES string of the molecule is CCC(C)CN(CC)c1nc(NN)ccc1[N+](=O)[O-]. The molecule has 1 atom stereocenters. The molecule has 0 amide bonds. The molecule has 0 spiro atoms. The highest BCUT2D eigenvalue weighted by Crippen LogP contribution is 2.28. The maximum atomic E-state index is 11.1. The van der Waals surface area contributed by atoms with Gasteiger partial charge in [0.05, 0.1) is 4.92 Å². The summed E-state index contributed by atoms with van der Waals surface area (Å²) in [5.41, 5.74) is 2.42. The van der Waals surface area contributed by atoms with Crippen LogP contribution < -0.4 is 16.2 Å². The lowest BCUT2D eigenvalue weighted by Gasteiger charge is -2.25. The molecule has 0 saturated carbocycles. The van der Waals surface area contributed by atoms with Crippen LogP contribution in [0.3, 0.4) is 0 Å². The van der Waals surface area contributed by atoms with Gasteiger partial charge in [-0.05, 0) is 18.9 Å². The zero-order chi connectivity index (χ0) is 14.4. The number of nitro groups is 1. The van der Waals surface area contributed by atoms with Crippen molar-refractivity contribution in [1.82, 2.24) is 4.98 Å². The van der Waals surface area contributed by atoms with Crippen molar-refractivity contribution in [3.63, 3.8) is 0 Å². The highest BCUT2D eigenvalue weighted by Gasteiger charge is 2.21. The van der Waals surface area contributed by atoms with E-state index in [-0.39, 0.29) is 5.69 Å². The van der Waals surface area contributed by atoms with Gasteiger partial charge < -0.3 is 10.3 Å². The maximum absolute atomic E-state index is 11.1. The van der Waals surface area contributed by atoms with E-state index < -0.39 is 4.92 Å². The fourth-order valence-corrected chi connectivity index (χ4v) is 1.77. The van der Waals surface area contributed by atoms with Crippen LogP contribution in [0.25, 0.3) is 0 Å². The van der Waals surface area contributed by atoms with Crippen molar-refractivity contribution in [3.05, 3.63) is 22.2 Å². The number of aromatic nitrogens is 1. The van der Waals surface area contributed by atoms with E-state index in [1.165, 1.54) is 12.1 Å². The molecule has 1 aromatic rings. The summed E-state index contributed by atoms with van der Waals surface area (Å²) in [6.45, 7) is 7.55. The lowest BCUT2D eigenvalue weighted by molar-refractivity contribution is -0.384. The molecule has 0 radical (unpaired) electrons. The first-order chi connectivity index (χ1) is 9.03. The van der Waals surface area contributed by atoms with Gasteiger partial charge in [0, 0.05) is 19.2 Å². The van der Waals surface area contributed by atoms with Crippen LogP contribution in [-0.2, 0) is 0 Å². The molecule has 19 heavy (non-hydrogen) atoms. The van der Waals surface area contributed by atoms with Crippen LogP contribution in [0.15, 0.2) is 12.1 Å². The molecule has 7 nitrogen and oxygen atoms in total. The molecule has 3 N–H and O–H groups in total. The summed E-state index contributed by atoms with van der Waals surface area (Å²) in [7, 11) is 0. The Morgan fingerprint density at radius 2 is 2.21 bits per heavy atom. The predicted molar refractivity (Wildman–Crippen MR) is 76.0 cm³/mol. The van der Waals surface area contributed by atoms with Gasteiger partial charge in [0.25, 0.3) is 0 Å². The van der Waals surface area contributed by atoms with E-state index >= 15 is 0 Å². The van der Waals surface area contributed by atoms with Crippen molar-refractivity contribution < 1.29 is 4.92 Å². The van der Waals surface area contributed by atoms with Crippen molar-refractivity contribution in [2.24, 2.45) is 11.8 Å². The van der Waals surface area contributed by atoms with Crippen LogP contribution in [0.5, 0.6) is 0 Å². The number of nitrogen functional groups attached to an aromatic ring is 1. The van der Waals surface area contributed by atoms with E-state index in [9.17, 15) is 10.1 Å². The highest BCUT2D eigenvalue weighted by atomic mass is 16.6. The molecule has 106 valence electrons. The number of rotatable bonds is 7. The Labute approximate surface area is 112 Å². The van der Waals surface area contributed by atoms with Gasteiger partial charge in [-0.15, -0.1) is 0 Å². The molecule has 0 bridgehead atoms. The summed E-state index contributed by atoms with van der Waals surface area (Å²) in [5.74, 6) is 6.54. The topological polar surface area (TPSA) is 97.3 Å². The van der Waals surface area contributed by atoms with Crippen LogP contribution in [0.4, 0.5) is 17.3 Å². The fraction of sp³-hybridized carbons (Fsp3) is 0.583. The third-order valence-electron chi connectivity index (χ3n) is 3.11. The molecule has 0 fully saturated rings. The molecule has 0 saturated heterocycles. The molecule has 7 heteroatoms. The number of pyridine rings is 1. The minimum absolute atomic E-state index is 0.00385. The van der Waals surface area contributed by atoms with Crippen molar-refractivity contribution in [2.75, 3.05) is 23.4 Å². The molecule has 1 unspecified atom stereocenters. The predicted octanol–water partition coefficient (Wildman–Crippen LogP) is 2.15. The quantitative estimate of drug-likeness (QED) is 0.446. The third kappa shape index (κ3) is 3.78. The minimum Gasteiger partial charge on any atom is -0.351 e. The van der Waals surface area contributed by atoms with Crippen LogP contribution in [0, 0.1) is 16.0 Å². The monoisotopic (exact) mass is 267 g/mol. The zero-order valence-electron chi connectivity index (χ0n) is 11.6. The second-order valence-corrected chi connectivity index (χ2v) is 4.49. The van der Waals surface area contributed by atoms with Gasteiger partial charge in [-0.3, -0.25) is 10.1 Å². The number of anilines is 2.